The topological polar surface area (TPSA) is 151 Å². The minimum Gasteiger partial charge on any atom is -0.456 e. The van der Waals surface area contributed by atoms with Crippen LogP contribution < -0.4 is 10.8 Å². The van der Waals surface area contributed by atoms with E-state index < -0.39 is 10.1 Å². The molecule has 0 saturated carbocycles. The van der Waals surface area contributed by atoms with E-state index in [1.54, 1.807) is 48.5 Å². The van der Waals surface area contributed by atoms with Gasteiger partial charge in [0, 0.05) is 59.5 Å². The highest BCUT2D eigenvalue weighted by molar-refractivity contribution is 7.86. The lowest BCUT2D eigenvalue weighted by atomic mass is 9.93. The predicted molar refractivity (Wildman–Crippen MR) is 136 cm³/mol. The molecule has 36 heavy (non-hydrogen) atoms. The van der Waals surface area contributed by atoms with Crippen molar-refractivity contribution in [3.63, 3.8) is 0 Å². The molecule has 0 saturated heterocycles. The molecule has 2 aromatic rings. The van der Waals surface area contributed by atoms with Crippen molar-refractivity contribution in [1.82, 2.24) is 0 Å². The normalized spacial score (nSPS) is 12.6. The quantitative estimate of drug-likeness (QED) is 0.115. The van der Waals surface area contributed by atoms with E-state index in [0.29, 0.717) is 50.8 Å². The number of aldehydes is 2. The number of carbonyl (C=O) groups is 2. The third-order valence-electron chi connectivity index (χ3n) is 5.08. The zero-order valence-electron chi connectivity index (χ0n) is 18.7. The number of hydrogen-bond donors (Lipinski definition) is 2. The van der Waals surface area contributed by atoms with Gasteiger partial charge < -0.3 is 14.0 Å². The highest BCUT2D eigenvalue weighted by atomic mass is 32.2. The van der Waals surface area contributed by atoms with Gasteiger partial charge in [0.1, 0.15) is 28.8 Å². The minimum absolute atomic E-state index is 0.133. The first-order valence-electron chi connectivity index (χ1n) is 10.7. The molecule has 11 heteroatoms. The summed E-state index contributed by atoms with van der Waals surface area (Å²) < 4.78 is 40.4. The Labute approximate surface area is 205 Å². The molecular formula is C25H20N4O6S. The van der Waals surface area contributed by atoms with Crippen molar-refractivity contribution in [2.24, 2.45) is 15.3 Å². The fraction of sp³-hybridized carbons (Fsp3) is 0.0800. The van der Waals surface area contributed by atoms with Crippen LogP contribution >= 0.6 is 0 Å². The second-order valence-corrected chi connectivity index (χ2v) is 8.86. The Bertz CT molecular complexity index is 1640. The zero-order valence-corrected chi connectivity index (χ0v) is 19.6. The van der Waals surface area contributed by atoms with Crippen LogP contribution in [0.5, 0.6) is 0 Å². The van der Waals surface area contributed by atoms with Gasteiger partial charge in [-0.25, -0.2) is 0 Å². The molecule has 2 aliphatic rings. The van der Waals surface area contributed by atoms with Gasteiger partial charge in [-0.05, 0) is 30.3 Å². The van der Waals surface area contributed by atoms with Crippen LogP contribution in [0.15, 0.2) is 85.3 Å². The highest BCUT2D eigenvalue weighted by Crippen LogP contribution is 2.42. The molecular weight excluding hydrogens is 484 g/mol. The van der Waals surface area contributed by atoms with Gasteiger partial charge >= 0.3 is 0 Å². The maximum Gasteiger partial charge on any atom is 0.295 e. The van der Waals surface area contributed by atoms with Crippen LogP contribution in [-0.2, 0) is 19.7 Å². The lowest BCUT2D eigenvalue weighted by Crippen LogP contribution is -2.04. The number of nitrogens with one attached hydrogen (secondary N) is 1. The van der Waals surface area contributed by atoms with E-state index in [9.17, 15) is 22.6 Å². The SMILES string of the molecule is O=CC/C=N\N=c1/ccc2c(-c3ccccc3S(=O)(=O)O)c3ccc(N/N=C\CC=O)cc3oc-2c1. The third kappa shape index (κ3) is 5.43. The molecule has 182 valence electrons. The van der Waals surface area contributed by atoms with Gasteiger partial charge in [0.2, 0.25) is 0 Å². The average Bonchev–Trinajstić information content (AvgIpc) is 2.87. The third-order valence-corrected chi connectivity index (χ3v) is 5.99. The summed E-state index contributed by atoms with van der Waals surface area (Å²) >= 11 is 0. The van der Waals surface area contributed by atoms with E-state index in [1.165, 1.54) is 24.6 Å². The van der Waals surface area contributed by atoms with E-state index in [1.807, 2.05) is 0 Å². The maximum absolute atomic E-state index is 12.2. The molecule has 0 fully saturated rings. The van der Waals surface area contributed by atoms with Gasteiger partial charge in [-0.3, -0.25) is 9.98 Å². The van der Waals surface area contributed by atoms with Crippen LogP contribution in [0.3, 0.4) is 0 Å². The Morgan fingerprint density at radius 1 is 0.917 bits per heavy atom. The molecule has 2 aromatic carbocycles. The zero-order chi connectivity index (χ0) is 25.5. The fourth-order valence-electron chi connectivity index (χ4n) is 3.61. The molecule has 1 aliphatic heterocycles. The molecule has 0 spiro atoms. The molecule has 0 atom stereocenters. The Morgan fingerprint density at radius 2 is 1.69 bits per heavy atom. The van der Waals surface area contributed by atoms with E-state index in [2.05, 4.69) is 20.7 Å². The predicted octanol–water partition coefficient (Wildman–Crippen LogP) is 3.91. The average molecular weight is 505 g/mol. The van der Waals surface area contributed by atoms with Crippen molar-refractivity contribution < 1.29 is 27.0 Å². The van der Waals surface area contributed by atoms with Gasteiger partial charge in [-0.15, -0.1) is 0 Å². The summed E-state index contributed by atoms with van der Waals surface area (Å²) in [4.78, 5) is 20.7. The number of fused-ring (bicyclic) bond motifs is 2. The second-order valence-electron chi connectivity index (χ2n) is 7.47. The lowest BCUT2D eigenvalue weighted by molar-refractivity contribution is -0.107. The first-order valence-corrected chi connectivity index (χ1v) is 12.1. The fourth-order valence-corrected chi connectivity index (χ4v) is 4.31. The Morgan fingerprint density at radius 3 is 2.47 bits per heavy atom. The molecule has 10 nitrogen and oxygen atoms in total. The van der Waals surface area contributed by atoms with Crippen LogP contribution in [0.4, 0.5) is 5.69 Å². The minimum atomic E-state index is -4.53. The monoisotopic (exact) mass is 504 g/mol. The number of carbonyl (C=O) groups excluding carboxylic acids is 2. The molecule has 0 bridgehead atoms. The van der Waals surface area contributed by atoms with E-state index in [0.717, 1.165) is 6.29 Å². The van der Waals surface area contributed by atoms with Crippen molar-refractivity contribution in [3.05, 3.63) is 66.0 Å². The van der Waals surface area contributed by atoms with Gasteiger partial charge in [-0.1, -0.05) is 18.2 Å². The summed E-state index contributed by atoms with van der Waals surface area (Å²) in [5.74, 6) is 0.385. The van der Waals surface area contributed by atoms with Crippen LogP contribution in [0.1, 0.15) is 12.8 Å². The molecule has 0 aromatic heterocycles. The van der Waals surface area contributed by atoms with Crippen LogP contribution in [0.25, 0.3) is 33.4 Å². The Balaban J connectivity index is 1.99. The summed E-state index contributed by atoms with van der Waals surface area (Å²) in [5, 5.41) is 12.9. The summed E-state index contributed by atoms with van der Waals surface area (Å²) in [6.45, 7) is 0. The highest BCUT2D eigenvalue weighted by Gasteiger charge is 2.23. The van der Waals surface area contributed by atoms with E-state index in [4.69, 9.17) is 4.42 Å². The van der Waals surface area contributed by atoms with Gasteiger partial charge in [0.05, 0.1) is 11.0 Å². The molecule has 0 radical (unpaired) electrons. The molecule has 1 heterocycles. The molecule has 1 aliphatic carbocycles. The molecule has 0 amide bonds. The van der Waals surface area contributed by atoms with Gasteiger partial charge in [0.25, 0.3) is 10.1 Å². The molecule has 4 rings (SSSR count). The maximum atomic E-state index is 12.2. The number of benzene rings is 3. The smallest absolute Gasteiger partial charge is 0.295 e. The first-order chi connectivity index (χ1) is 17.4. The standard InChI is InChI=1S/C25H20N4O6S/c30-13-3-11-26-28-17-7-9-19-22(15-17)35-23-16-18(29-27-12-4-14-31)8-10-20(23)25(19)21-5-1-2-6-24(21)36(32,33)34/h1-2,5-16,28H,3-4H2,(H,32,33,34)/b26-11-,27-12-,29-18+. The van der Waals surface area contributed by atoms with Crippen molar-refractivity contribution in [2.75, 3.05) is 5.43 Å². The number of nitrogens with zero attached hydrogens (tertiary/aromatic N) is 3. The van der Waals surface area contributed by atoms with Crippen molar-refractivity contribution in [3.8, 4) is 22.5 Å². The van der Waals surface area contributed by atoms with Crippen molar-refractivity contribution >= 4 is 51.8 Å². The van der Waals surface area contributed by atoms with E-state index in [-0.39, 0.29) is 17.7 Å². The summed E-state index contributed by atoms with van der Waals surface area (Å²) in [6, 6.07) is 16.3. The van der Waals surface area contributed by atoms with Crippen LogP contribution in [0, 0.1) is 0 Å². The lowest BCUT2D eigenvalue weighted by Gasteiger charge is -2.17. The summed E-state index contributed by atoms with van der Waals surface area (Å²) in [5.41, 5.74) is 5.20. The first kappa shape index (κ1) is 24.6. The largest absolute Gasteiger partial charge is 0.456 e. The van der Waals surface area contributed by atoms with Crippen molar-refractivity contribution in [1.29, 1.82) is 0 Å². The Hall–Kier alpha value is -4.48. The number of anilines is 1. The van der Waals surface area contributed by atoms with Crippen molar-refractivity contribution in [2.45, 2.75) is 17.7 Å². The summed E-state index contributed by atoms with van der Waals surface area (Å²) in [6.07, 6.45) is 4.50. The summed E-state index contributed by atoms with van der Waals surface area (Å²) in [7, 11) is -4.53. The second kappa shape index (κ2) is 10.8. The Kier molecular flexibility index (Phi) is 7.42. The molecule has 2 N–H and O–H groups in total. The van der Waals surface area contributed by atoms with Gasteiger partial charge in [0.15, 0.2) is 0 Å². The van der Waals surface area contributed by atoms with Crippen LogP contribution in [0.2, 0.25) is 0 Å². The van der Waals surface area contributed by atoms with Gasteiger partial charge in [-0.2, -0.15) is 23.7 Å². The number of hydrazone groups is 1. The number of hydrogen-bond acceptors (Lipinski definition) is 9. The molecule has 0 unspecified atom stereocenters. The van der Waals surface area contributed by atoms with E-state index >= 15 is 0 Å². The van der Waals surface area contributed by atoms with Crippen LogP contribution in [-0.4, -0.2) is 38.0 Å². The number of rotatable bonds is 9.